The molecule has 8 saturated heterocycles. The normalized spacial score (nSPS) is 24.9. The van der Waals surface area contributed by atoms with Gasteiger partial charge in [0, 0.05) is 130 Å². The molecule has 0 spiro atoms. The zero-order valence-electron chi connectivity index (χ0n) is 50.4. The van der Waals surface area contributed by atoms with Gasteiger partial charge in [-0.05, 0) is 184 Å². The summed E-state index contributed by atoms with van der Waals surface area (Å²) in [5.41, 5.74) is 0. The van der Waals surface area contributed by atoms with Crippen LogP contribution < -0.4 is 21.3 Å². The van der Waals surface area contributed by atoms with E-state index in [0.29, 0.717) is 24.2 Å². The summed E-state index contributed by atoms with van der Waals surface area (Å²) < 4.78 is 0. The molecule has 0 bridgehead atoms. The maximum atomic E-state index is 10.8. The van der Waals surface area contributed by atoms with Crippen molar-refractivity contribution in [3.05, 3.63) is 0 Å². The molecule has 0 saturated carbocycles. The van der Waals surface area contributed by atoms with Gasteiger partial charge < -0.3 is 61.3 Å². The fourth-order valence-corrected chi connectivity index (χ4v) is 9.04. The smallest absolute Gasteiger partial charge is 0.300 e. The van der Waals surface area contributed by atoms with Crippen molar-refractivity contribution in [3.8, 4) is 0 Å². The molecule has 0 radical (unpaired) electrons. The van der Waals surface area contributed by atoms with Gasteiger partial charge >= 0.3 is 0 Å². The molecule has 0 aromatic carbocycles. The molecule has 8 heterocycles. The molecular weight excluding hydrogens is 977 g/mol. The number of carboxylic acid groups (broad SMARTS) is 4. The van der Waals surface area contributed by atoms with Crippen molar-refractivity contribution in [1.29, 1.82) is 0 Å². The molecule has 8 unspecified atom stereocenters. The van der Waals surface area contributed by atoms with Crippen LogP contribution in [0, 0.1) is 0 Å². The summed E-state index contributed by atoms with van der Waals surface area (Å²) in [5.74, 6) is -2.44. The van der Waals surface area contributed by atoms with Crippen LogP contribution >= 0.6 is 0 Å². The quantitative estimate of drug-likeness (QED) is 0.117. The molecule has 8 atom stereocenters. The zero-order chi connectivity index (χ0) is 59.3. The first-order valence-electron chi connectivity index (χ1n) is 28.2. The van der Waals surface area contributed by atoms with E-state index >= 15 is 0 Å². The number of nitrogens with one attached hydrogen (secondary N) is 4. The summed E-state index contributed by atoms with van der Waals surface area (Å²) in [6.07, 6.45) is 20.5. The third-order valence-corrected chi connectivity index (χ3v) is 13.1. The summed E-state index contributed by atoms with van der Waals surface area (Å²) in [6, 6.07) is 5.14. The third kappa shape index (κ3) is 51.7. The van der Waals surface area contributed by atoms with E-state index in [-0.39, 0.29) is 23.6 Å². The number of hydrogen-bond acceptors (Lipinski definition) is 12. The monoisotopic (exact) mass is 1090 g/mol. The molecule has 20 nitrogen and oxygen atoms in total. The molecule has 4 amide bonds. The number of aliphatic carboxylic acids is 4. The number of carboxylic acids is 4. The Hall–Kier alpha value is -4.40. The highest BCUT2D eigenvalue weighted by Gasteiger charge is 2.24. The molecule has 8 aliphatic rings. The van der Waals surface area contributed by atoms with Crippen molar-refractivity contribution in [1.82, 2.24) is 40.9 Å². The van der Waals surface area contributed by atoms with E-state index in [0.717, 1.165) is 78.0 Å². The number of hydrogen-bond donors (Lipinski definition) is 8. The standard InChI is InChI=1S/4C7H13NO.4C5H11N.4C2H4O2/c4*1-6-4-3-5-8(6)7(2)9;4*1-5-3-2-4-6-5;4*1-2(3)4/h4*6H,3-5H2,1-2H3;4*5-6H,2-4H2,1H3;4*1H3,(H,3,4). The molecule has 8 fully saturated rings. The summed E-state index contributed by atoms with van der Waals surface area (Å²) in [7, 11) is 0. The predicted octanol–water partition coefficient (Wildman–Crippen LogP) is 7.47. The highest BCUT2D eigenvalue weighted by atomic mass is 16.4. The van der Waals surface area contributed by atoms with Crippen LogP contribution in [0.1, 0.15) is 214 Å². The van der Waals surface area contributed by atoms with Crippen LogP contribution in [-0.4, -0.2) is 188 Å². The number of rotatable bonds is 0. The van der Waals surface area contributed by atoms with E-state index in [1.165, 1.54) is 129 Å². The molecule has 76 heavy (non-hydrogen) atoms. The highest BCUT2D eigenvalue weighted by molar-refractivity contribution is 5.75. The summed E-state index contributed by atoms with van der Waals surface area (Å²) in [5, 5.41) is 42.9. The van der Waals surface area contributed by atoms with Crippen molar-refractivity contribution < 1.29 is 58.8 Å². The lowest BCUT2D eigenvalue weighted by Crippen LogP contribution is -2.31. The Kier molecular flexibility index (Phi) is 50.3. The van der Waals surface area contributed by atoms with Gasteiger partial charge in [-0.1, -0.05) is 0 Å². The van der Waals surface area contributed by atoms with Crippen LogP contribution in [0.3, 0.4) is 0 Å². The van der Waals surface area contributed by atoms with Crippen LogP contribution in [0.4, 0.5) is 0 Å². The summed E-state index contributed by atoms with van der Waals surface area (Å²) in [6.45, 7) is 37.1. The number of nitrogens with zero attached hydrogens (tertiary/aromatic N) is 4. The van der Waals surface area contributed by atoms with Crippen molar-refractivity contribution in [3.63, 3.8) is 0 Å². The van der Waals surface area contributed by atoms with Crippen molar-refractivity contribution in [2.75, 3.05) is 52.4 Å². The Bertz CT molecular complexity index is 1310. The van der Waals surface area contributed by atoms with E-state index in [1.54, 1.807) is 27.7 Å². The van der Waals surface area contributed by atoms with Crippen LogP contribution in [0.5, 0.6) is 0 Å². The highest BCUT2D eigenvalue weighted by Crippen LogP contribution is 2.18. The average Bonchev–Trinajstić information content (AvgIpc) is 4.13. The maximum Gasteiger partial charge on any atom is 0.300 e. The van der Waals surface area contributed by atoms with E-state index in [1.807, 2.05) is 19.6 Å². The first-order valence-corrected chi connectivity index (χ1v) is 28.2. The SMILES string of the molecule is CC(=O)N1CCCC1C.CC(=O)N1CCCC1C.CC(=O)N1CCCC1C.CC(=O)N1CCCC1C.CC(=O)O.CC(=O)O.CC(=O)O.CC(=O)O.CC1CCCN1.CC1CCCN1.CC1CCCN1.CC1CCCN1. The van der Waals surface area contributed by atoms with Crippen molar-refractivity contribution in [2.45, 2.75) is 262 Å². The Labute approximate surface area is 460 Å². The van der Waals surface area contributed by atoms with Gasteiger partial charge in [0.1, 0.15) is 0 Å². The number of amides is 4. The minimum Gasteiger partial charge on any atom is -0.481 e. The second-order valence-corrected chi connectivity index (χ2v) is 20.9. The molecule has 0 aliphatic carbocycles. The number of carbonyl (C=O) groups excluding carboxylic acids is 4. The van der Waals surface area contributed by atoms with Crippen molar-refractivity contribution >= 4 is 47.5 Å². The van der Waals surface area contributed by atoms with Crippen LogP contribution in [-0.2, 0) is 38.4 Å². The van der Waals surface area contributed by atoms with Gasteiger partial charge in [0.05, 0.1) is 0 Å². The second kappa shape index (κ2) is 48.9. The Morgan fingerprint density at radius 3 is 0.474 bits per heavy atom. The molecule has 0 aromatic heterocycles. The predicted molar refractivity (Wildman–Crippen MR) is 304 cm³/mol. The topological polar surface area (TPSA) is 279 Å². The number of carbonyl (C=O) groups is 8. The molecule has 8 aliphatic heterocycles. The molecular formula is C56H112N8O12. The lowest BCUT2D eigenvalue weighted by Gasteiger charge is -2.18. The number of likely N-dealkylation sites (tertiary alicyclic amines) is 4. The van der Waals surface area contributed by atoms with E-state index in [4.69, 9.17) is 39.6 Å². The fraction of sp³-hybridized carbons (Fsp3) is 0.857. The van der Waals surface area contributed by atoms with Gasteiger partial charge in [-0.15, -0.1) is 0 Å². The molecule has 8 rings (SSSR count). The zero-order valence-corrected chi connectivity index (χ0v) is 50.4. The summed E-state index contributed by atoms with van der Waals surface area (Å²) >= 11 is 0. The Morgan fingerprint density at radius 1 is 0.289 bits per heavy atom. The average molecular weight is 1090 g/mol. The van der Waals surface area contributed by atoms with E-state index < -0.39 is 23.9 Å². The first-order chi connectivity index (χ1) is 35.4. The second-order valence-electron chi connectivity index (χ2n) is 20.9. The van der Waals surface area contributed by atoms with E-state index in [2.05, 4.69) is 76.7 Å². The van der Waals surface area contributed by atoms with Crippen LogP contribution in [0.2, 0.25) is 0 Å². The maximum absolute atomic E-state index is 10.8. The van der Waals surface area contributed by atoms with Crippen molar-refractivity contribution in [2.24, 2.45) is 0 Å². The van der Waals surface area contributed by atoms with Crippen LogP contribution in [0.25, 0.3) is 0 Å². The van der Waals surface area contributed by atoms with E-state index in [9.17, 15) is 19.2 Å². The third-order valence-electron chi connectivity index (χ3n) is 13.1. The minimum atomic E-state index is -0.833. The van der Waals surface area contributed by atoms with Gasteiger partial charge in [-0.2, -0.15) is 0 Å². The fourth-order valence-electron chi connectivity index (χ4n) is 9.04. The molecule has 20 heteroatoms. The van der Waals surface area contributed by atoms with Gasteiger partial charge in [-0.25, -0.2) is 0 Å². The van der Waals surface area contributed by atoms with Gasteiger partial charge in [0.2, 0.25) is 23.6 Å². The van der Waals surface area contributed by atoms with Gasteiger partial charge in [-0.3, -0.25) is 38.4 Å². The molecule has 0 aromatic rings. The van der Waals surface area contributed by atoms with Gasteiger partial charge in [0.25, 0.3) is 23.9 Å². The Balaban J connectivity index is -0.000000377. The summed E-state index contributed by atoms with van der Waals surface area (Å²) in [4.78, 5) is 86.9. The van der Waals surface area contributed by atoms with Crippen LogP contribution in [0.15, 0.2) is 0 Å². The Morgan fingerprint density at radius 2 is 0.434 bits per heavy atom. The largest absolute Gasteiger partial charge is 0.481 e. The first kappa shape index (κ1) is 78.1. The molecule has 8 N–H and O–H groups in total. The minimum absolute atomic E-state index is 0.222. The lowest BCUT2D eigenvalue weighted by atomic mass is 10.2. The van der Waals surface area contributed by atoms with Gasteiger partial charge in [0.15, 0.2) is 0 Å². The lowest BCUT2D eigenvalue weighted by molar-refractivity contribution is -0.135. The molecule has 448 valence electrons.